The fourth-order valence-corrected chi connectivity index (χ4v) is 3.84. The van der Waals surface area contributed by atoms with Crippen LogP contribution in [0.2, 0.25) is 5.02 Å². The van der Waals surface area contributed by atoms with Crippen molar-refractivity contribution in [3.05, 3.63) is 104 Å². The zero-order valence-electron chi connectivity index (χ0n) is 18.0. The highest BCUT2D eigenvalue weighted by molar-refractivity contribution is 6.30. The topological polar surface area (TPSA) is 82.3 Å². The maximum Gasteiger partial charge on any atom is 0.332 e. The molecule has 3 aromatic carbocycles. The normalized spacial score (nSPS) is 10.8. The Hall–Kier alpha value is -3.84. The van der Waals surface area contributed by atoms with Gasteiger partial charge in [0.2, 0.25) is 5.91 Å². The average Bonchev–Trinajstić information content (AvgIpc) is 2.81. The number of benzene rings is 3. The molecule has 0 radical (unpaired) electrons. The van der Waals surface area contributed by atoms with Crippen LogP contribution in [-0.2, 0) is 17.9 Å². The lowest BCUT2D eigenvalue weighted by molar-refractivity contribution is -0.116. The Balaban J connectivity index is 1.68. The number of hydrogen-bond acceptors (Lipinski definition) is 4. The summed E-state index contributed by atoms with van der Waals surface area (Å²) in [5.41, 5.74) is 0.700. The smallest absolute Gasteiger partial charge is 0.332 e. The number of hydrogen-bond donors (Lipinski definition) is 1. The minimum absolute atomic E-state index is 0.0452. The highest BCUT2D eigenvalue weighted by atomic mass is 35.5. The van der Waals surface area contributed by atoms with Gasteiger partial charge in [-0.05, 0) is 61.0 Å². The summed E-state index contributed by atoms with van der Waals surface area (Å²) < 4.78 is 7.84. The van der Waals surface area contributed by atoms with Gasteiger partial charge >= 0.3 is 5.69 Å². The molecule has 1 amide bonds. The summed E-state index contributed by atoms with van der Waals surface area (Å²) >= 11 is 6.06. The summed E-state index contributed by atoms with van der Waals surface area (Å²) in [6.45, 7) is 2.24. The van der Waals surface area contributed by atoms with E-state index in [0.717, 1.165) is 4.57 Å². The number of amides is 1. The molecule has 4 aromatic rings. The molecular weight excluding hydrogens is 442 g/mol. The standard InChI is InChI=1S/C25H22ClN3O4/c1-2-33-20-12-10-19(11-13-20)27-23(30)16-28-22-9-4-3-8-21(22)24(31)29(25(28)32)15-17-6-5-7-18(26)14-17/h3-14H,2,15-16H2,1H3,(H,27,30). The Kier molecular flexibility index (Phi) is 6.60. The Bertz CT molecular complexity index is 1420. The van der Waals surface area contributed by atoms with E-state index < -0.39 is 11.2 Å². The quantitative estimate of drug-likeness (QED) is 0.450. The lowest BCUT2D eigenvalue weighted by atomic mass is 10.2. The third-order valence-corrected chi connectivity index (χ3v) is 5.35. The lowest BCUT2D eigenvalue weighted by Gasteiger charge is -2.14. The number of carbonyl (C=O) groups excluding carboxylic acids is 1. The van der Waals surface area contributed by atoms with Crippen molar-refractivity contribution in [3.8, 4) is 5.75 Å². The molecule has 0 unspecified atom stereocenters. The number of nitrogens with one attached hydrogen (secondary N) is 1. The van der Waals surface area contributed by atoms with Crippen LogP contribution in [0.5, 0.6) is 5.75 Å². The maximum atomic E-state index is 13.3. The number of aromatic nitrogens is 2. The fourth-order valence-electron chi connectivity index (χ4n) is 3.63. The van der Waals surface area contributed by atoms with Crippen molar-refractivity contribution in [3.63, 3.8) is 0 Å². The molecule has 8 heteroatoms. The number of fused-ring (bicyclic) bond motifs is 1. The van der Waals surface area contributed by atoms with E-state index in [1.54, 1.807) is 72.8 Å². The van der Waals surface area contributed by atoms with E-state index in [9.17, 15) is 14.4 Å². The Morgan fingerprint density at radius 1 is 0.970 bits per heavy atom. The van der Waals surface area contributed by atoms with E-state index in [0.29, 0.717) is 39.5 Å². The number of halogens is 1. The number of anilines is 1. The van der Waals surface area contributed by atoms with Gasteiger partial charge in [-0.2, -0.15) is 0 Å². The van der Waals surface area contributed by atoms with Crippen molar-refractivity contribution in [2.45, 2.75) is 20.0 Å². The number of para-hydroxylation sites is 1. The van der Waals surface area contributed by atoms with Crippen LogP contribution in [0.4, 0.5) is 5.69 Å². The first-order chi connectivity index (χ1) is 16.0. The molecule has 0 atom stereocenters. The minimum Gasteiger partial charge on any atom is -0.494 e. The Morgan fingerprint density at radius 2 is 1.73 bits per heavy atom. The molecule has 1 heterocycles. The summed E-state index contributed by atoms with van der Waals surface area (Å²) in [5.74, 6) is 0.310. The summed E-state index contributed by atoms with van der Waals surface area (Å²) in [4.78, 5) is 39.1. The van der Waals surface area contributed by atoms with E-state index in [-0.39, 0.29) is 19.0 Å². The second-order valence-corrected chi connectivity index (χ2v) is 7.85. The average molecular weight is 464 g/mol. The van der Waals surface area contributed by atoms with Gasteiger partial charge in [-0.3, -0.25) is 18.7 Å². The molecule has 1 aromatic heterocycles. The van der Waals surface area contributed by atoms with Gasteiger partial charge < -0.3 is 10.1 Å². The predicted octanol–water partition coefficient (Wildman–Crippen LogP) is 3.90. The molecule has 0 aliphatic rings. The van der Waals surface area contributed by atoms with Gasteiger partial charge in [0.05, 0.1) is 24.1 Å². The van der Waals surface area contributed by atoms with E-state index >= 15 is 0 Å². The largest absolute Gasteiger partial charge is 0.494 e. The molecule has 4 rings (SSSR count). The van der Waals surface area contributed by atoms with Gasteiger partial charge in [0.1, 0.15) is 12.3 Å². The molecule has 33 heavy (non-hydrogen) atoms. The molecule has 0 spiro atoms. The lowest BCUT2D eigenvalue weighted by Crippen LogP contribution is -2.42. The van der Waals surface area contributed by atoms with Crippen molar-refractivity contribution in [2.24, 2.45) is 0 Å². The van der Waals surface area contributed by atoms with Gasteiger partial charge in [-0.25, -0.2) is 4.79 Å². The predicted molar refractivity (Wildman–Crippen MR) is 129 cm³/mol. The third-order valence-electron chi connectivity index (χ3n) is 5.11. The molecule has 0 bridgehead atoms. The van der Waals surface area contributed by atoms with Crippen molar-refractivity contribution >= 4 is 34.1 Å². The van der Waals surface area contributed by atoms with Crippen LogP contribution in [0.15, 0.2) is 82.4 Å². The second-order valence-electron chi connectivity index (χ2n) is 7.41. The minimum atomic E-state index is -0.569. The molecule has 7 nitrogen and oxygen atoms in total. The van der Waals surface area contributed by atoms with Crippen LogP contribution in [-0.4, -0.2) is 21.6 Å². The first kappa shape index (κ1) is 22.4. The fraction of sp³-hybridized carbons (Fsp3) is 0.160. The number of nitrogens with zero attached hydrogens (tertiary/aromatic N) is 2. The zero-order chi connectivity index (χ0) is 23.4. The molecule has 0 saturated heterocycles. The molecule has 0 aliphatic carbocycles. The van der Waals surface area contributed by atoms with Crippen molar-refractivity contribution in [2.75, 3.05) is 11.9 Å². The van der Waals surface area contributed by atoms with E-state index in [2.05, 4.69) is 5.32 Å². The Morgan fingerprint density at radius 3 is 2.45 bits per heavy atom. The van der Waals surface area contributed by atoms with Gasteiger partial charge in [0.25, 0.3) is 5.56 Å². The summed E-state index contributed by atoms with van der Waals surface area (Å²) in [5, 5.41) is 3.65. The molecular formula is C25H22ClN3O4. The first-order valence-electron chi connectivity index (χ1n) is 10.5. The second kappa shape index (κ2) is 9.75. The zero-order valence-corrected chi connectivity index (χ0v) is 18.7. The van der Waals surface area contributed by atoms with Crippen LogP contribution in [0.25, 0.3) is 10.9 Å². The van der Waals surface area contributed by atoms with E-state index in [1.807, 2.05) is 6.92 Å². The number of ether oxygens (including phenoxy) is 1. The van der Waals surface area contributed by atoms with Crippen LogP contribution < -0.4 is 21.3 Å². The van der Waals surface area contributed by atoms with E-state index in [4.69, 9.17) is 16.3 Å². The van der Waals surface area contributed by atoms with Crippen LogP contribution in [0.3, 0.4) is 0 Å². The summed E-state index contributed by atoms with van der Waals surface area (Å²) in [6, 6.07) is 20.7. The molecule has 0 saturated carbocycles. The summed E-state index contributed by atoms with van der Waals surface area (Å²) in [6.07, 6.45) is 0. The van der Waals surface area contributed by atoms with Gasteiger partial charge in [-0.15, -0.1) is 0 Å². The number of rotatable bonds is 7. The monoisotopic (exact) mass is 463 g/mol. The Labute approximate surface area is 194 Å². The molecule has 168 valence electrons. The van der Waals surface area contributed by atoms with Crippen molar-refractivity contribution in [1.82, 2.24) is 9.13 Å². The van der Waals surface area contributed by atoms with Crippen molar-refractivity contribution < 1.29 is 9.53 Å². The summed E-state index contributed by atoms with van der Waals surface area (Å²) in [7, 11) is 0. The van der Waals surface area contributed by atoms with Gasteiger partial charge in [-0.1, -0.05) is 35.9 Å². The third kappa shape index (κ3) is 4.99. The highest BCUT2D eigenvalue weighted by Crippen LogP contribution is 2.16. The van der Waals surface area contributed by atoms with Crippen LogP contribution in [0.1, 0.15) is 12.5 Å². The molecule has 1 N–H and O–H groups in total. The van der Waals surface area contributed by atoms with Crippen molar-refractivity contribution in [1.29, 1.82) is 0 Å². The van der Waals surface area contributed by atoms with Crippen LogP contribution >= 0.6 is 11.6 Å². The maximum absolute atomic E-state index is 13.3. The SMILES string of the molecule is CCOc1ccc(NC(=O)Cn2c(=O)n(Cc3cccc(Cl)c3)c(=O)c3ccccc32)cc1. The first-order valence-corrected chi connectivity index (χ1v) is 10.8. The van der Waals surface area contributed by atoms with Gasteiger partial charge in [0.15, 0.2) is 0 Å². The molecule has 0 aliphatic heterocycles. The number of carbonyl (C=O) groups is 1. The highest BCUT2D eigenvalue weighted by Gasteiger charge is 2.16. The van der Waals surface area contributed by atoms with E-state index in [1.165, 1.54) is 4.57 Å². The molecule has 0 fully saturated rings. The van der Waals surface area contributed by atoms with Gasteiger partial charge in [0, 0.05) is 10.7 Å². The van der Waals surface area contributed by atoms with Crippen LogP contribution in [0, 0.1) is 0 Å².